The molecular formula is C23H23NO3. The van der Waals surface area contributed by atoms with E-state index >= 15 is 0 Å². The summed E-state index contributed by atoms with van der Waals surface area (Å²) in [6.07, 6.45) is 0. The lowest BCUT2D eigenvalue weighted by atomic mass is 10.0. The van der Waals surface area contributed by atoms with E-state index in [0.717, 1.165) is 22.4 Å². The second-order valence-electron chi connectivity index (χ2n) is 6.25. The van der Waals surface area contributed by atoms with Crippen molar-refractivity contribution in [2.45, 2.75) is 13.0 Å². The summed E-state index contributed by atoms with van der Waals surface area (Å²) in [4.78, 5) is 12.6. The lowest BCUT2D eigenvalue weighted by Gasteiger charge is -2.18. The van der Waals surface area contributed by atoms with Crippen LogP contribution in [0.1, 0.15) is 28.9 Å². The van der Waals surface area contributed by atoms with E-state index < -0.39 is 0 Å². The number of hydrogen-bond donors (Lipinski definition) is 1. The molecule has 3 rings (SSSR count). The zero-order valence-electron chi connectivity index (χ0n) is 15.7. The van der Waals surface area contributed by atoms with Gasteiger partial charge in [-0.15, -0.1) is 0 Å². The highest BCUT2D eigenvalue weighted by Crippen LogP contribution is 2.29. The van der Waals surface area contributed by atoms with Gasteiger partial charge in [0.1, 0.15) is 11.5 Å². The Balaban J connectivity index is 1.75. The van der Waals surface area contributed by atoms with Crippen LogP contribution in [0.2, 0.25) is 0 Å². The first-order valence-electron chi connectivity index (χ1n) is 8.80. The Labute approximate surface area is 159 Å². The van der Waals surface area contributed by atoms with Crippen LogP contribution in [-0.2, 0) is 0 Å². The molecule has 0 radical (unpaired) electrons. The molecule has 1 atom stereocenters. The molecule has 3 aromatic rings. The standard InChI is InChI=1S/C23H23NO3/c1-16(21-15-20(26-2)13-14-22(21)27-3)24-23(25)19-11-9-18(10-12-19)17-7-5-4-6-8-17/h4-16H,1-3H3,(H,24,25). The van der Waals surface area contributed by atoms with Crippen LogP contribution in [0.4, 0.5) is 0 Å². The predicted molar refractivity (Wildman–Crippen MR) is 107 cm³/mol. The zero-order chi connectivity index (χ0) is 19.2. The number of ether oxygens (including phenoxy) is 2. The van der Waals surface area contributed by atoms with Crippen molar-refractivity contribution in [3.63, 3.8) is 0 Å². The van der Waals surface area contributed by atoms with E-state index in [0.29, 0.717) is 11.3 Å². The maximum atomic E-state index is 12.6. The van der Waals surface area contributed by atoms with Gasteiger partial charge in [-0.3, -0.25) is 4.79 Å². The summed E-state index contributed by atoms with van der Waals surface area (Å²) in [7, 11) is 3.23. The average Bonchev–Trinajstić information content (AvgIpc) is 2.73. The molecule has 0 saturated carbocycles. The molecule has 1 N–H and O–H groups in total. The summed E-state index contributed by atoms with van der Waals surface area (Å²) < 4.78 is 10.7. The molecule has 0 aliphatic rings. The predicted octanol–water partition coefficient (Wildman–Crippen LogP) is 4.86. The fourth-order valence-electron chi connectivity index (χ4n) is 2.98. The fraction of sp³-hybridized carbons (Fsp3) is 0.174. The molecule has 3 aromatic carbocycles. The average molecular weight is 361 g/mol. The van der Waals surface area contributed by atoms with Gasteiger partial charge in [0, 0.05) is 11.1 Å². The van der Waals surface area contributed by atoms with E-state index in [1.807, 2.05) is 79.7 Å². The number of methoxy groups -OCH3 is 2. The van der Waals surface area contributed by atoms with Crippen LogP contribution in [0.15, 0.2) is 72.8 Å². The summed E-state index contributed by atoms with van der Waals surface area (Å²) in [6, 6.07) is 23.0. The molecule has 0 aliphatic carbocycles. The Morgan fingerprint density at radius 1 is 0.852 bits per heavy atom. The van der Waals surface area contributed by atoms with E-state index in [1.54, 1.807) is 14.2 Å². The summed E-state index contributed by atoms with van der Waals surface area (Å²) >= 11 is 0. The molecule has 1 unspecified atom stereocenters. The molecule has 1 amide bonds. The third-order valence-electron chi connectivity index (χ3n) is 4.51. The highest BCUT2D eigenvalue weighted by Gasteiger charge is 2.16. The van der Waals surface area contributed by atoms with Crippen molar-refractivity contribution in [1.29, 1.82) is 0 Å². The van der Waals surface area contributed by atoms with Crippen molar-refractivity contribution in [3.05, 3.63) is 83.9 Å². The molecule has 0 aromatic heterocycles. The number of nitrogens with one attached hydrogen (secondary N) is 1. The van der Waals surface area contributed by atoms with Gasteiger partial charge in [-0.05, 0) is 48.4 Å². The minimum atomic E-state index is -0.226. The van der Waals surface area contributed by atoms with Crippen molar-refractivity contribution in [3.8, 4) is 22.6 Å². The van der Waals surface area contributed by atoms with Crippen LogP contribution in [0.3, 0.4) is 0 Å². The first-order valence-corrected chi connectivity index (χ1v) is 8.80. The summed E-state index contributed by atoms with van der Waals surface area (Å²) in [5.41, 5.74) is 3.68. The van der Waals surface area contributed by atoms with Crippen LogP contribution in [-0.4, -0.2) is 20.1 Å². The molecule has 0 spiro atoms. The lowest BCUT2D eigenvalue weighted by molar-refractivity contribution is 0.0939. The monoisotopic (exact) mass is 361 g/mol. The Bertz CT molecular complexity index is 905. The molecule has 0 bridgehead atoms. The molecule has 0 fully saturated rings. The third kappa shape index (κ3) is 4.29. The summed E-state index contributed by atoms with van der Waals surface area (Å²) in [6.45, 7) is 1.92. The first kappa shape index (κ1) is 18.5. The number of hydrogen-bond acceptors (Lipinski definition) is 3. The van der Waals surface area contributed by atoms with E-state index in [-0.39, 0.29) is 11.9 Å². The van der Waals surface area contributed by atoms with Gasteiger partial charge < -0.3 is 14.8 Å². The van der Waals surface area contributed by atoms with Crippen LogP contribution >= 0.6 is 0 Å². The number of carbonyl (C=O) groups excluding carboxylic acids is 1. The van der Waals surface area contributed by atoms with Crippen LogP contribution in [0.5, 0.6) is 11.5 Å². The Kier molecular flexibility index (Phi) is 5.77. The van der Waals surface area contributed by atoms with Crippen molar-refractivity contribution in [1.82, 2.24) is 5.32 Å². The number of rotatable bonds is 6. The van der Waals surface area contributed by atoms with Gasteiger partial charge in [0.2, 0.25) is 0 Å². The molecular weight excluding hydrogens is 338 g/mol. The highest BCUT2D eigenvalue weighted by atomic mass is 16.5. The molecule has 4 heteroatoms. The van der Waals surface area contributed by atoms with E-state index in [1.165, 1.54) is 0 Å². The fourth-order valence-corrected chi connectivity index (χ4v) is 2.98. The summed E-state index contributed by atoms with van der Waals surface area (Å²) in [5.74, 6) is 1.30. The second kappa shape index (κ2) is 8.41. The van der Waals surface area contributed by atoms with E-state index in [4.69, 9.17) is 9.47 Å². The van der Waals surface area contributed by atoms with Gasteiger partial charge in [0.05, 0.1) is 20.3 Å². The summed E-state index contributed by atoms with van der Waals surface area (Å²) in [5, 5.41) is 3.02. The number of amides is 1. The van der Waals surface area contributed by atoms with Gasteiger partial charge in [-0.2, -0.15) is 0 Å². The van der Waals surface area contributed by atoms with Gasteiger partial charge in [-0.1, -0.05) is 42.5 Å². The van der Waals surface area contributed by atoms with Crippen molar-refractivity contribution >= 4 is 5.91 Å². The Morgan fingerprint density at radius 3 is 2.15 bits per heavy atom. The van der Waals surface area contributed by atoms with E-state index in [9.17, 15) is 4.79 Å². The SMILES string of the molecule is COc1ccc(OC)c(C(C)NC(=O)c2ccc(-c3ccccc3)cc2)c1. The normalized spacial score (nSPS) is 11.5. The Hall–Kier alpha value is -3.27. The highest BCUT2D eigenvalue weighted by molar-refractivity contribution is 5.95. The van der Waals surface area contributed by atoms with Gasteiger partial charge >= 0.3 is 0 Å². The molecule has 0 aliphatic heterocycles. The quantitative estimate of drug-likeness (QED) is 0.682. The molecule has 0 saturated heterocycles. The minimum Gasteiger partial charge on any atom is -0.497 e. The van der Waals surface area contributed by atoms with Crippen LogP contribution in [0, 0.1) is 0 Å². The zero-order valence-corrected chi connectivity index (χ0v) is 15.7. The topological polar surface area (TPSA) is 47.6 Å². The van der Waals surface area contributed by atoms with E-state index in [2.05, 4.69) is 5.32 Å². The maximum Gasteiger partial charge on any atom is 0.251 e. The second-order valence-corrected chi connectivity index (χ2v) is 6.25. The number of benzene rings is 3. The molecule has 27 heavy (non-hydrogen) atoms. The molecule has 4 nitrogen and oxygen atoms in total. The molecule has 138 valence electrons. The van der Waals surface area contributed by atoms with Gasteiger partial charge in [0.25, 0.3) is 5.91 Å². The maximum absolute atomic E-state index is 12.6. The lowest BCUT2D eigenvalue weighted by Crippen LogP contribution is -2.26. The van der Waals surface area contributed by atoms with Crippen molar-refractivity contribution < 1.29 is 14.3 Å². The van der Waals surface area contributed by atoms with Crippen LogP contribution in [0.25, 0.3) is 11.1 Å². The van der Waals surface area contributed by atoms with Crippen molar-refractivity contribution in [2.75, 3.05) is 14.2 Å². The third-order valence-corrected chi connectivity index (χ3v) is 4.51. The largest absolute Gasteiger partial charge is 0.497 e. The Morgan fingerprint density at radius 2 is 1.52 bits per heavy atom. The van der Waals surface area contributed by atoms with Gasteiger partial charge in [0.15, 0.2) is 0 Å². The van der Waals surface area contributed by atoms with Gasteiger partial charge in [-0.25, -0.2) is 0 Å². The smallest absolute Gasteiger partial charge is 0.251 e. The first-order chi connectivity index (χ1) is 13.1. The van der Waals surface area contributed by atoms with Crippen LogP contribution < -0.4 is 14.8 Å². The molecule has 0 heterocycles. The minimum absolute atomic E-state index is 0.132. The number of carbonyl (C=O) groups is 1. The van der Waals surface area contributed by atoms with Crippen molar-refractivity contribution in [2.24, 2.45) is 0 Å².